The van der Waals surface area contributed by atoms with Crippen molar-refractivity contribution < 1.29 is 9.72 Å². The molecular formula is C18H11ClN6O3S. The molecule has 2 heterocycles. The molecule has 0 aliphatic heterocycles. The highest BCUT2D eigenvalue weighted by Gasteiger charge is 2.12. The van der Waals surface area contributed by atoms with Crippen molar-refractivity contribution in [2.24, 2.45) is 0 Å². The highest BCUT2D eigenvalue weighted by molar-refractivity contribution is 7.19. The average Bonchev–Trinajstić information content (AvgIpc) is 3.29. The van der Waals surface area contributed by atoms with E-state index < -0.39 is 4.92 Å². The molecule has 0 radical (unpaired) electrons. The van der Waals surface area contributed by atoms with E-state index in [2.05, 4.69) is 20.6 Å². The van der Waals surface area contributed by atoms with Crippen molar-refractivity contribution in [1.82, 2.24) is 19.8 Å². The average molecular weight is 427 g/mol. The number of aromatic nitrogens is 4. The number of amides is 1. The number of benzene rings is 2. The zero-order valence-corrected chi connectivity index (χ0v) is 16.1. The number of anilines is 1. The van der Waals surface area contributed by atoms with E-state index in [-0.39, 0.29) is 16.6 Å². The molecule has 4 aromatic rings. The minimum absolute atomic E-state index is 0.0406. The van der Waals surface area contributed by atoms with Gasteiger partial charge in [-0.2, -0.15) is 9.61 Å². The van der Waals surface area contributed by atoms with Crippen molar-refractivity contribution in [3.05, 3.63) is 75.6 Å². The zero-order chi connectivity index (χ0) is 20.4. The molecule has 2 aromatic carbocycles. The zero-order valence-electron chi connectivity index (χ0n) is 14.5. The Labute approximate surface area is 172 Å². The number of hydrogen-bond donors (Lipinski definition) is 1. The molecule has 2 aromatic heterocycles. The number of hydrogen-bond acceptors (Lipinski definition) is 7. The highest BCUT2D eigenvalue weighted by Crippen LogP contribution is 2.27. The number of halogens is 1. The van der Waals surface area contributed by atoms with Gasteiger partial charge in [-0.05, 0) is 29.8 Å². The van der Waals surface area contributed by atoms with Crippen molar-refractivity contribution in [3.8, 4) is 10.6 Å². The quantitative estimate of drug-likeness (QED) is 0.292. The molecule has 0 unspecified atom stereocenters. The van der Waals surface area contributed by atoms with Gasteiger partial charge in [-0.15, -0.1) is 10.2 Å². The molecule has 4 rings (SSSR count). The lowest BCUT2D eigenvalue weighted by Crippen LogP contribution is -2.07. The summed E-state index contributed by atoms with van der Waals surface area (Å²) in [6.45, 7) is 0. The van der Waals surface area contributed by atoms with E-state index in [4.69, 9.17) is 11.6 Å². The summed E-state index contributed by atoms with van der Waals surface area (Å²) in [4.78, 5) is 23.3. The van der Waals surface area contributed by atoms with Gasteiger partial charge in [0, 0.05) is 23.4 Å². The van der Waals surface area contributed by atoms with Crippen LogP contribution < -0.4 is 5.32 Å². The van der Waals surface area contributed by atoms with E-state index >= 15 is 0 Å². The smallest absolute Gasteiger partial charge is 0.288 e. The van der Waals surface area contributed by atoms with Gasteiger partial charge in [-0.3, -0.25) is 14.9 Å². The van der Waals surface area contributed by atoms with Gasteiger partial charge in [-0.25, -0.2) is 0 Å². The number of fused-ring (bicyclic) bond motifs is 1. The second-order valence-corrected chi connectivity index (χ2v) is 7.20. The summed E-state index contributed by atoms with van der Waals surface area (Å²) in [5, 5.41) is 26.6. The number of carbonyl (C=O) groups is 1. The molecule has 0 saturated carbocycles. The first-order valence-electron chi connectivity index (χ1n) is 8.20. The van der Waals surface area contributed by atoms with Gasteiger partial charge in [0.05, 0.1) is 4.92 Å². The lowest BCUT2D eigenvalue weighted by molar-refractivity contribution is -0.384. The number of nitrogens with one attached hydrogen (secondary N) is 1. The summed E-state index contributed by atoms with van der Waals surface area (Å²) < 4.78 is 1.58. The lowest BCUT2D eigenvalue weighted by Gasteiger charge is -2.04. The van der Waals surface area contributed by atoms with E-state index in [0.29, 0.717) is 16.2 Å². The second kappa shape index (κ2) is 7.78. The van der Waals surface area contributed by atoms with Gasteiger partial charge < -0.3 is 5.32 Å². The van der Waals surface area contributed by atoms with Crippen LogP contribution in [0, 0.1) is 10.1 Å². The Bertz CT molecular complexity index is 1240. The third kappa shape index (κ3) is 4.13. The summed E-state index contributed by atoms with van der Waals surface area (Å²) in [6, 6.07) is 11.5. The van der Waals surface area contributed by atoms with Crippen LogP contribution in [0.1, 0.15) is 5.56 Å². The van der Waals surface area contributed by atoms with Gasteiger partial charge in [-0.1, -0.05) is 41.1 Å². The SMILES string of the molecule is O=C(C=Cc1ccc(Cl)c([N+](=O)[O-])c1)Nc1cccc(-c2nn3cnnc3s2)c1. The van der Waals surface area contributed by atoms with Crippen LogP contribution >= 0.6 is 22.9 Å². The first kappa shape index (κ1) is 18.7. The molecule has 1 N–H and O–H groups in total. The molecule has 0 atom stereocenters. The van der Waals surface area contributed by atoms with Crippen LogP contribution in [0.5, 0.6) is 0 Å². The summed E-state index contributed by atoms with van der Waals surface area (Å²) in [7, 11) is 0. The second-order valence-electron chi connectivity index (χ2n) is 5.84. The number of nitrogens with zero attached hydrogens (tertiary/aromatic N) is 5. The predicted octanol–water partition coefficient (Wildman–Crippen LogP) is 4.07. The minimum atomic E-state index is -0.572. The third-order valence-electron chi connectivity index (χ3n) is 3.86. The molecular weight excluding hydrogens is 416 g/mol. The maximum absolute atomic E-state index is 12.2. The van der Waals surface area contributed by atoms with Gasteiger partial charge in [0.15, 0.2) is 0 Å². The predicted molar refractivity (Wildman–Crippen MR) is 110 cm³/mol. The largest absolute Gasteiger partial charge is 0.322 e. The number of nitro groups is 1. The van der Waals surface area contributed by atoms with Crippen molar-refractivity contribution in [1.29, 1.82) is 0 Å². The fourth-order valence-electron chi connectivity index (χ4n) is 2.54. The Hall–Kier alpha value is -3.63. The maximum Gasteiger partial charge on any atom is 0.288 e. The van der Waals surface area contributed by atoms with Gasteiger partial charge >= 0.3 is 0 Å². The summed E-state index contributed by atoms with van der Waals surface area (Å²) in [5.74, 6) is -0.377. The number of carbonyl (C=O) groups excluding carboxylic acids is 1. The first-order valence-corrected chi connectivity index (χ1v) is 9.39. The molecule has 0 bridgehead atoms. The fourth-order valence-corrected chi connectivity index (χ4v) is 3.54. The highest BCUT2D eigenvalue weighted by atomic mass is 35.5. The van der Waals surface area contributed by atoms with Gasteiger partial charge in [0.25, 0.3) is 5.69 Å². The van der Waals surface area contributed by atoms with Crippen LogP contribution in [0.4, 0.5) is 11.4 Å². The van der Waals surface area contributed by atoms with E-state index in [0.717, 1.165) is 10.6 Å². The van der Waals surface area contributed by atoms with Crippen molar-refractivity contribution in [3.63, 3.8) is 0 Å². The molecule has 29 heavy (non-hydrogen) atoms. The van der Waals surface area contributed by atoms with E-state index in [1.165, 1.54) is 41.9 Å². The molecule has 0 fully saturated rings. The van der Waals surface area contributed by atoms with Gasteiger partial charge in [0.2, 0.25) is 10.9 Å². The van der Waals surface area contributed by atoms with Crippen LogP contribution in [0.15, 0.2) is 54.9 Å². The van der Waals surface area contributed by atoms with Gasteiger partial charge in [0.1, 0.15) is 16.4 Å². The molecule has 1 amide bonds. The molecule has 9 nitrogen and oxygen atoms in total. The maximum atomic E-state index is 12.2. The van der Waals surface area contributed by atoms with Crippen molar-refractivity contribution >= 4 is 51.3 Å². The van der Waals surface area contributed by atoms with E-state index in [1.807, 2.05) is 6.07 Å². The monoisotopic (exact) mass is 426 g/mol. The lowest BCUT2D eigenvalue weighted by atomic mass is 10.2. The van der Waals surface area contributed by atoms with Crippen LogP contribution in [0.3, 0.4) is 0 Å². The van der Waals surface area contributed by atoms with Crippen molar-refractivity contribution in [2.45, 2.75) is 0 Å². The van der Waals surface area contributed by atoms with E-state index in [9.17, 15) is 14.9 Å². The minimum Gasteiger partial charge on any atom is -0.322 e. The topological polar surface area (TPSA) is 115 Å². The fraction of sp³-hybridized carbons (Fsp3) is 0. The number of rotatable bonds is 5. The molecule has 0 aliphatic carbocycles. The van der Waals surface area contributed by atoms with Crippen LogP contribution in [-0.4, -0.2) is 30.6 Å². The summed E-state index contributed by atoms with van der Waals surface area (Å²) in [5.41, 5.74) is 1.69. The summed E-state index contributed by atoms with van der Waals surface area (Å²) >= 11 is 7.17. The Morgan fingerprint density at radius 2 is 2.14 bits per heavy atom. The third-order valence-corrected chi connectivity index (χ3v) is 5.14. The normalized spacial score (nSPS) is 11.2. The standard InChI is InChI=1S/C18H11ClN6O3S/c19-14-6-4-11(8-15(14)25(27)28)5-7-16(26)21-13-3-1-2-12(9-13)17-23-24-10-20-22-18(24)29-17/h1-10H,(H,21,26). The molecule has 0 aliphatic rings. The Morgan fingerprint density at radius 3 is 2.93 bits per heavy atom. The first-order chi connectivity index (χ1) is 14.0. The Kier molecular flexibility index (Phi) is 5.02. The van der Waals surface area contributed by atoms with Crippen LogP contribution in [-0.2, 0) is 4.79 Å². The molecule has 0 saturated heterocycles. The molecule has 0 spiro atoms. The van der Waals surface area contributed by atoms with Crippen LogP contribution in [0.25, 0.3) is 21.6 Å². The van der Waals surface area contributed by atoms with Crippen molar-refractivity contribution in [2.75, 3.05) is 5.32 Å². The molecule has 11 heteroatoms. The van der Waals surface area contributed by atoms with Crippen LogP contribution in [0.2, 0.25) is 5.02 Å². The van der Waals surface area contributed by atoms with E-state index in [1.54, 1.807) is 28.8 Å². The molecule has 144 valence electrons. The number of nitro benzene ring substituents is 1. The Morgan fingerprint density at radius 1 is 1.28 bits per heavy atom. The summed E-state index contributed by atoms with van der Waals surface area (Å²) in [6.07, 6.45) is 4.29. The Balaban J connectivity index is 1.49.